The van der Waals surface area contributed by atoms with E-state index in [2.05, 4.69) is 53.3 Å². The molecular weight excluding hydrogens is 457 g/mol. The highest BCUT2D eigenvalue weighted by molar-refractivity contribution is 6.44. The highest BCUT2D eigenvalue weighted by atomic mass is 35.5. The second-order valence-corrected chi connectivity index (χ2v) is 8.63. The molecule has 0 unspecified atom stereocenters. The van der Waals surface area contributed by atoms with Crippen molar-refractivity contribution in [2.45, 2.75) is 27.7 Å². The average Bonchev–Trinajstić information content (AvgIpc) is 3.19. The summed E-state index contributed by atoms with van der Waals surface area (Å²) in [6.07, 6.45) is 0. The Morgan fingerprint density at radius 2 is 1.67 bits per heavy atom. The molecule has 0 aliphatic heterocycles. The third-order valence-electron chi connectivity index (χ3n) is 5.70. The van der Waals surface area contributed by atoms with Gasteiger partial charge in [0.15, 0.2) is 0 Å². The van der Waals surface area contributed by atoms with Crippen LogP contribution in [0.4, 0.5) is 11.4 Å². The highest BCUT2D eigenvalue weighted by Gasteiger charge is 2.16. The Morgan fingerprint density at radius 1 is 0.970 bits per heavy atom. The molecule has 0 fully saturated rings. The average molecular weight is 482 g/mol. The fraction of sp³-hybridized carbons (Fsp3) is 0.240. The van der Waals surface area contributed by atoms with E-state index in [1.807, 2.05) is 25.1 Å². The number of carbonyl (C=O) groups excluding carboxylic acids is 1. The number of benzene rings is 3. The molecule has 1 aromatic heterocycles. The van der Waals surface area contributed by atoms with Gasteiger partial charge < -0.3 is 10.2 Å². The zero-order valence-electron chi connectivity index (χ0n) is 19.0. The van der Waals surface area contributed by atoms with Gasteiger partial charge in [-0.3, -0.25) is 4.79 Å². The van der Waals surface area contributed by atoms with Crippen molar-refractivity contribution >= 4 is 51.5 Å². The number of halogens is 2. The van der Waals surface area contributed by atoms with Gasteiger partial charge in [-0.2, -0.15) is 4.80 Å². The van der Waals surface area contributed by atoms with Crippen LogP contribution in [0.5, 0.6) is 0 Å². The van der Waals surface area contributed by atoms with E-state index in [1.54, 1.807) is 23.0 Å². The van der Waals surface area contributed by atoms with Crippen molar-refractivity contribution < 1.29 is 4.79 Å². The molecule has 3 aromatic carbocycles. The summed E-state index contributed by atoms with van der Waals surface area (Å²) in [6, 6.07) is 15.0. The molecular formula is C25H25Cl2N5O. The fourth-order valence-corrected chi connectivity index (χ4v) is 4.21. The van der Waals surface area contributed by atoms with Gasteiger partial charge in [0.2, 0.25) is 0 Å². The zero-order chi connectivity index (χ0) is 23.7. The van der Waals surface area contributed by atoms with E-state index in [1.165, 1.54) is 5.69 Å². The Bertz CT molecular complexity index is 1340. The van der Waals surface area contributed by atoms with E-state index >= 15 is 0 Å². The Hall–Kier alpha value is -3.09. The Morgan fingerprint density at radius 3 is 2.33 bits per heavy atom. The fourth-order valence-electron chi connectivity index (χ4n) is 3.83. The van der Waals surface area contributed by atoms with Crippen LogP contribution in [0, 0.1) is 13.8 Å². The third-order valence-corrected chi connectivity index (χ3v) is 6.51. The topological polar surface area (TPSA) is 63.1 Å². The van der Waals surface area contributed by atoms with E-state index in [0.717, 1.165) is 35.4 Å². The summed E-state index contributed by atoms with van der Waals surface area (Å²) in [6.45, 7) is 10.2. The number of hydrogen-bond acceptors (Lipinski definition) is 4. The molecule has 0 atom stereocenters. The van der Waals surface area contributed by atoms with Crippen molar-refractivity contribution in [1.82, 2.24) is 15.0 Å². The van der Waals surface area contributed by atoms with Crippen LogP contribution in [0.2, 0.25) is 10.0 Å². The monoisotopic (exact) mass is 481 g/mol. The first kappa shape index (κ1) is 23.1. The summed E-state index contributed by atoms with van der Waals surface area (Å²) in [4.78, 5) is 16.7. The van der Waals surface area contributed by atoms with Crippen LogP contribution in [-0.4, -0.2) is 34.0 Å². The number of fused-ring (bicyclic) bond motifs is 1. The zero-order valence-corrected chi connectivity index (χ0v) is 20.5. The van der Waals surface area contributed by atoms with Crippen LogP contribution in [0.1, 0.15) is 35.3 Å². The molecule has 0 aliphatic carbocycles. The van der Waals surface area contributed by atoms with Crippen molar-refractivity contribution in [3.8, 4) is 5.69 Å². The maximum Gasteiger partial charge on any atom is 0.257 e. The minimum atomic E-state index is -0.333. The molecule has 1 amide bonds. The van der Waals surface area contributed by atoms with E-state index in [0.29, 0.717) is 21.8 Å². The summed E-state index contributed by atoms with van der Waals surface area (Å²) < 4.78 is 0. The smallest absolute Gasteiger partial charge is 0.257 e. The van der Waals surface area contributed by atoms with Gasteiger partial charge in [0.05, 0.1) is 21.3 Å². The lowest BCUT2D eigenvalue weighted by Crippen LogP contribution is -2.21. The van der Waals surface area contributed by atoms with Gasteiger partial charge in [-0.1, -0.05) is 29.3 Å². The molecule has 0 aliphatic rings. The first-order valence-electron chi connectivity index (χ1n) is 10.8. The van der Waals surface area contributed by atoms with Gasteiger partial charge in [0.1, 0.15) is 11.0 Å². The molecule has 8 heteroatoms. The maximum atomic E-state index is 12.8. The van der Waals surface area contributed by atoms with Crippen molar-refractivity contribution in [2.75, 3.05) is 23.3 Å². The van der Waals surface area contributed by atoms with Crippen molar-refractivity contribution in [3.05, 3.63) is 75.3 Å². The quantitative estimate of drug-likeness (QED) is 0.344. The minimum Gasteiger partial charge on any atom is -0.372 e. The van der Waals surface area contributed by atoms with Crippen molar-refractivity contribution in [2.24, 2.45) is 0 Å². The molecule has 0 saturated carbocycles. The molecule has 1 N–H and O–H groups in total. The highest BCUT2D eigenvalue weighted by Crippen LogP contribution is 2.28. The van der Waals surface area contributed by atoms with E-state index in [-0.39, 0.29) is 10.9 Å². The first-order chi connectivity index (χ1) is 15.8. The van der Waals surface area contributed by atoms with Gasteiger partial charge in [0.25, 0.3) is 5.91 Å². The van der Waals surface area contributed by atoms with Gasteiger partial charge in [0, 0.05) is 24.5 Å². The standard InChI is InChI=1S/C25H25Cl2N5O/c1-5-31(6-2)17-10-11-23(16(4)12-17)32-29-21-13-15(3)20(14-22(21)30-32)28-25(33)18-8-7-9-19(26)24(18)27/h7-14H,5-6H2,1-4H3,(H,28,33). The lowest BCUT2D eigenvalue weighted by molar-refractivity contribution is 0.102. The molecule has 0 saturated heterocycles. The van der Waals surface area contributed by atoms with Gasteiger partial charge in [-0.05, 0) is 81.3 Å². The summed E-state index contributed by atoms with van der Waals surface area (Å²) in [5, 5.41) is 12.8. The van der Waals surface area contributed by atoms with E-state index in [9.17, 15) is 4.79 Å². The number of rotatable bonds is 6. The number of amides is 1. The molecule has 6 nitrogen and oxygen atoms in total. The number of anilines is 2. The second-order valence-electron chi connectivity index (χ2n) is 7.84. The SMILES string of the molecule is CCN(CC)c1ccc(-n2nc3cc(C)c(NC(=O)c4cccc(Cl)c4Cl)cc3n2)c(C)c1. The number of nitrogens with zero attached hydrogens (tertiary/aromatic N) is 4. The van der Waals surface area contributed by atoms with Crippen LogP contribution < -0.4 is 10.2 Å². The lowest BCUT2D eigenvalue weighted by atomic mass is 10.1. The Labute approximate surface area is 203 Å². The third kappa shape index (κ3) is 4.54. The normalized spacial score (nSPS) is 11.1. The van der Waals surface area contributed by atoms with Gasteiger partial charge in [-0.15, -0.1) is 10.2 Å². The summed E-state index contributed by atoms with van der Waals surface area (Å²) in [5.41, 5.74) is 6.43. The summed E-state index contributed by atoms with van der Waals surface area (Å²) >= 11 is 12.3. The van der Waals surface area contributed by atoms with Crippen LogP contribution in [0.15, 0.2) is 48.5 Å². The molecule has 170 valence electrons. The van der Waals surface area contributed by atoms with Crippen LogP contribution in [0.25, 0.3) is 16.7 Å². The molecule has 1 heterocycles. The number of aromatic nitrogens is 3. The molecule has 33 heavy (non-hydrogen) atoms. The minimum absolute atomic E-state index is 0.227. The molecule has 0 bridgehead atoms. The Balaban J connectivity index is 1.66. The second kappa shape index (κ2) is 9.41. The summed E-state index contributed by atoms with van der Waals surface area (Å²) in [7, 11) is 0. The number of hydrogen-bond donors (Lipinski definition) is 1. The predicted octanol–water partition coefficient (Wildman–Crippen LogP) is 6.44. The first-order valence-corrected chi connectivity index (χ1v) is 11.6. The number of carbonyl (C=O) groups is 1. The van der Waals surface area contributed by atoms with Crippen LogP contribution in [0.3, 0.4) is 0 Å². The van der Waals surface area contributed by atoms with Crippen LogP contribution >= 0.6 is 23.2 Å². The lowest BCUT2D eigenvalue weighted by Gasteiger charge is -2.22. The van der Waals surface area contributed by atoms with Gasteiger partial charge in [-0.25, -0.2) is 0 Å². The predicted molar refractivity (Wildman–Crippen MR) is 136 cm³/mol. The van der Waals surface area contributed by atoms with Crippen molar-refractivity contribution in [3.63, 3.8) is 0 Å². The molecule has 4 rings (SSSR count). The van der Waals surface area contributed by atoms with Crippen LogP contribution in [-0.2, 0) is 0 Å². The molecule has 4 aromatic rings. The maximum absolute atomic E-state index is 12.8. The largest absolute Gasteiger partial charge is 0.372 e. The van der Waals surface area contributed by atoms with Crippen molar-refractivity contribution in [1.29, 1.82) is 0 Å². The summed E-state index contributed by atoms with van der Waals surface area (Å²) in [5.74, 6) is -0.333. The molecule has 0 radical (unpaired) electrons. The van der Waals surface area contributed by atoms with E-state index in [4.69, 9.17) is 23.2 Å². The number of aryl methyl sites for hydroxylation is 2. The van der Waals surface area contributed by atoms with E-state index < -0.39 is 0 Å². The number of nitrogens with one attached hydrogen (secondary N) is 1. The van der Waals surface area contributed by atoms with Gasteiger partial charge >= 0.3 is 0 Å². The molecule has 0 spiro atoms. The Kier molecular flexibility index (Phi) is 6.58.